The van der Waals surface area contributed by atoms with Gasteiger partial charge in [-0.05, 0) is 25.1 Å². The van der Waals surface area contributed by atoms with E-state index >= 15 is 0 Å². The van der Waals surface area contributed by atoms with Gasteiger partial charge < -0.3 is 5.32 Å². The van der Waals surface area contributed by atoms with Gasteiger partial charge in [-0.25, -0.2) is 0 Å². The summed E-state index contributed by atoms with van der Waals surface area (Å²) in [5.74, 6) is -0.537. The van der Waals surface area contributed by atoms with E-state index in [9.17, 15) is 14.9 Å². The van der Waals surface area contributed by atoms with E-state index < -0.39 is 10.8 Å². The summed E-state index contributed by atoms with van der Waals surface area (Å²) in [6.07, 6.45) is 0. The van der Waals surface area contributed by atoms with E-state index in [1.54, 1.807) is 6.92 Å². The highest BCUT2D eigenvalue weighted by atomic mass is 35.5. The Bertz CT molecular complexity index is 736. The maximum atomic E-state index is 12.1. The Hall–Kier alpha value is -2.25. The predicted molar refractivity (Wildman–Crippen MR) is 77.8 cm³/mol. The maximum absolute atomic E-state index is 12.1. The number of hydrogen-bond acceptors (Lipinski definition) is 5. The third-order valence-corrected chi connectivity index (χ3v) is 3.08. The standard InChI is InChI=1S/C12H8Cl2N4O3/c1-6-4-7(2-3-9(6)18(20)21)15-12(19)8-5-10(13)16-17-11(8)14/h2-5H,1H3,(H,15,19). The van der Waals surface area contributed by atoms with Gasteiger partial charge in [-0.3, -0.25) is 14.9 Å². The number of rotatable bonds is 3. The summed E-state index contributed by atoms with van der Waals surface area (Å²) in [7, 11) is 0. The van der Waals surface area contributed by atoms with Gasteiger partial charge in [0.1, 0.15) is 0 Å². The van der Waals surface area contributed by atoms with Crippen LogP contribution in [0.1, 0.15) is 15.9 Å². The number of amides is 1. The van der Waals surface area contributed by atoms with Gasteiger partial charge >= 0.3 is 0 Å². The van der Waals surface area contributed by atoms with Gasteiger partial charge in [0.2, 0.25) is 0 Å². The fourth-order valence-corrected chi connectivity index (χ4v) is 1.97. The van der Waals surface area contributed by atoms with Crippen molar-refractivity contribution < 1.29 is 9.72 Å². The van der Waals surface area contributed by atoms with Crippen molar-refractivity contribution >= 4 is 40.5 Å². The molecule has 0 bridgehead atoms. The van der Waals surface area contributed by atoms with Crippen molar-refractivity contribution in [2.75, 3.05) is 5.32 Å². The predicted octanol–water partition coefficient (Wildman–Crippen LogP) is 3.25. The summed E-state index contributed by atoms with van der Waals surface area (Å²) in [4.78, 5) is 22.3. The minimum Gasteiger partial charge on any atom is -0.322 e. The Balaban J connectivity index is 2.26. The minimum absolute atomic E-state index is 0.0281. The monoisotopic (exact) mass is 326 g/mol. The molecule has 1 aromatic heterocycles. The molecule has 0 unspecified atom stereocenters. The van der Waals surface area contributed by atoms with Crippen molar-refractivity contribution in [1.29, 1.82) is 0 Å². The first-order valence-electron chi connectivity index (χ1n) is 5.63. The van der Waals surface area contributed by atoms with Crippen LogP contribution in [0.5, 0.6) is 0 Å². The van der Waals surface area contributed by atoms with Crippen molar-refractivity contribution in [2.45, 2.75) is 6.92 Å². The summed E-state index contributed by atoms with van der Waals surface area (Å²) in [5.41, 5.74) is 0.856. The molecule has 0 aliphatic rings. The van der Waals surface area contributed by atoms with Crippen molar-refractivity contribution in [3.8, 4) is 0 Å². The number of carbonyl (C=O) groups is 1. The lowest BCUT2D eigenvalue weighted by Crippen LogP contribution is -2.13. The number of hydrogen-bond donors (Lipinski definition) is 1. The molecule has 21 heavy (non-hydrogen) atoms. The second-order valence-corrected chi connectivity index (χ2v) is 4.83. The Morgan fingerprint density at radius 1 is 1.29 bits per heavy atom. The number of nitrogens with zero attached hydrogens (tertiary/aromatic N) is 3. The Morgan fingerprint density at radius 3 is 2.62 bits per heavy atom. The number of aryl methyl sites for hydroxylation is 1. The number of aromatic nitrogens is 2. The number of carbonyl (C=O) groups excluding carboxylic acids is 1. The fraction of sp³-hybridized carbons (Fsp3) is 0.0833. The van der Waals surface area contributed by atoms with Crippen molar-refractivity contribution in [3.05, 3.63) is 55.8 Å². The van der Waals surface area contributed by atoms with Crippen LogP contribution in [0.25, 0.3) is 0 Å². The van der Waals surface area contributed by atoms with Crippen molar-refractivity contribution in [2.24, 2.45) is 0 Å². The van der Waals surface area contributed by atoms with Gasteiger partial charge in [-0.15, -0.1) is 10.2 Å². The number of nitro groups is 1. The SMILES string of the molecule is Cc1cc(NC(=O)c2cc(Cl)nnc2Cl)ccc1[N+](=O)[O-]. The third kappa shape index (κ3) is 3.45. The normalized spacial score (nSPS) is 10.2. The second kappa shape index (κ2) is 6.02. The molecule has 0 spiro atoms. The topological polar surface area (TPSA) is 98.0 Å². The lowest BCUT2D eigenvalue weighted by molar-refractivity contribution is -0.385. The largest absolute Gasteiger partial charge is 0.322 e. The Kier molecular flexibility index (Phi) is 4.35. The zero-order valence-corrected chi connectivity index (χ0v) is 12.1. The van der Waals surface area contributed by atoms with E-state index in [-0.39, 0.29) is 21.6 Å². The molecule has 0 fully saturated rings. The summed E-state index contributed by atoms with van der Waals surface area (Å²) in [5, 5.41) is 20.3. The van der Waals surface area contributed by atoms with E-state index in [4.69, 9.17) is 23.2 Å². The van der Waals surface area contributed by atoms with Gasteiger partial charge in [-0.2, -0.15) is 0 Å². The van der Waals surface area contributed by atoms with Gasteiger partial charge in [0, 0.05) is 17.3 Å². The molecule has 7 nitrogen and oxygen atoms in total. The first-order valence-corrected chi connectivity index (χ1v) is 6.39. The van der Waals surface area contributed by atoms with Gasteiger partial charge in [0.25, 0.3) is 11.6 Å². The average Bonchev–Trinajstić information content (AvgIpc) is 2.41. The lowest BCUT2D eigenvalue weighted by atomic mass is 10.1. The second-order valence-electron chi connectivity index (χ2n) is 4.08. The minimum atomic E-state index is -0.537. The fourth-order valence-electron chi connectivity index (χ4n) is 1.65. The molecule has 108 valence electrons. The van der Waals surface area contributed by atoms with E-state index in [2.05, 4.69) is 15.5 Å². The Labute approximate surface area is 129 Å². The summed E-state index contributed by atoms with van der Waals surface area (Å²) >= 11 is 11.4. The molecule has 1 aromatic carbocycles. The average molecular weight is 327 g/mol. The number of benzene rings is 1. The van der Waals surface area contributed by atoms with Crippen LogP contribution in [-0.4, -0.2) is 21.0 Å². The summed E-state index contributed by atoms with van der Waals surface area (Å²) in [6, 6.07) is 5.50. The molecule has 9 heteroatoms. The van der Waals surface area contributed by atoms with Crippen molar-refractivity contribution in [1.82, 2.24) is 10.2 Å². The van der Waals surface area contributed by atoms with E-state index in [1.807, 2.05) is 0 Å². The van der Waals surface area contributed by atoms with Crippen LogP contribution in [0.4, 0.5) is 11.4 Å². The molecule has 0 radical (unpaired) electrons. The quantitative estimate of drug-likeness (QED) is 0.689. The zero-order valence-electron chi connectivity index (χ0n) is 10.6. The van der Waals surface area contributed by atoms with Crippen LogP contribution >= 0.6 is 23.2 Å². The molecule has 1 heterocycles. The number of halogens is 2. The maximum Gasteiger partial charge on any atom is 0.272 e. The van der Waals surface area contributed by atoms with Gasteiger partial charge in [0.15, 0.2) is 10.3 Å². The van der Waals surface area contributed by atoms with Crippen LogP contribution in [0, 0.1) is 17.0 Å². The molecule has 0 saturated carbocycles. The molecule has 0 saturated heterocycles. The smallest absolute Gasteiger partial charge is 0.272 e. The molecule has 2 aromatic rings. The molecule has 0 aliphatic heterocycles. The highest BCUT2D eigenvalue weighted by Gasteiger charge is 2.15. The number of anilines is 1. The first-order chi connectivity index (χ1) is 9.88. The summed E-state index contributed by atoms with van der Waals surface area (Å²) in [6.45, 7) is 1.58. The highest BCUT2D eigenvalue weighted by Crippen LogP contribution is 2.23. The first kappa shape index (κ1) is 15.1. The van der Waals surface area contributed by atoms with Crippen LogP contribution in [-0.2, 0) is 0 Å². The molecule has 1 amide bonds. The van der Waals surface area contributed by atoms with E-state index in [0.717, 1.165) is 0 Å². The number of nitro benzene ring substituents is 1. The highest BCUT2D eigenvalue weighted by molar-refractivity contribution is 6.34. The van der Waals surface area contributed by atoms with Crippen LogP contribution in [0.3, 0.4) is 0 Å². The molecular formula is C12H8Cl2N4O3. The van der Waals surface area contributed by atoms with Crippen LogP contribution in [0.2, 0.25) is 10.3 Å². The Morgan fingerprint density at radius 2 is 2.00 bits per heavy atom. The molecular weight excluding hydrogens is 319 g/mol. The van der Waals surface area contributed by atoms with Gasteiger partial charge in [0.05, 0.1) is 10.5 Å². The number of nitrogens with one attached hydrogen (secondary N) is 1. The molecule has 0 atom stereocenters. The van der Waals surface area contributed by atoms with Crippen molar-refractivity contribution in [3.63, 3.8) is 0 Å². The molecule has 2 rings (SSSR count). The van der Waals surface area contributed by atoms with Gasteiger partial charge in [-0.1, -0.05) is 23.2 Å². The van der Waals surface area contributed by atoms with E-state index in [0.29, 0.717) is 11.3 Å². The summed E-state index contributed by atoms with van der Waals surface area (Å²) < 4.78 is 0. The van der Waals surface area contributed by atoms with E-state index in [1.165, 1.54) is 24.3 Å². The zero-order chi connectivity index (χ0) is 15.6. The molecule has 1 N–H and O–H groups in total. The third-order valence-electron chi connectivity index (χ3n) is 2.62. The van der Waals surface area contributed by atoms with Crippen LogP contribution < -0.4 is 5.32 Å². The molecule has 0 aliphatic carbocycles. The lowest BCUT2D eigenvalue weighted by Gasteiger charge is -2.07. The van der Waals surface area contributed by atoms with Crippen LogP contribution in [0.15, 0.2) is 24.3 Å².